The van der Waals surface area contributed by atoms with Gasteiger partial charge in [-0.3, -0.25) is 4.79 Å². The second-order valence-electron chi connectivity index (χ2n) is 7.76. The number of hydrogen-bond donors (Lipinski definition) is 1. The monoisotopic (exact) mass is 393 g/mol. The van der Waals surface area contributed by atoms with Gasteiger partial charge < -0.3 is 19.9 Å². The van der Waals surface area contributed by atoms with Crippen LogP contribution in [0.1, 0.15) is 34.3 Å². The molecule has 0 spiro atoms. The lowest BCUT2D eigenvalue weighted by Gasteiger charge is -2.27. The minimum atomic E-state index is -0.120. The highest BCUT2D eigenvalue weighted by Crippen LogP contribution is 2.29. The number of carbonyl (C=O) groups excluding carboxylic acids is 2. The topological polar surface area (TPSA) is 61.9 Å². The summed E-state index contributed by atoms with van der Waals surface area (Å²) in [7, 11) is 0. The number of ether oxygens (including phenoxy) is 1. The van der Waals surface area contributed by atoms with Crippen LogP contribution in [0.3, 0.4) is 0 Å². The number of morpholine rings is 1. The van der Waals surface area contributed by atoms with Crippen LogP contribution in [0.25, 0.3) is 0 Å². The summed E-state index contributed by atoms with van der Waals surface area (Å²) in [4.78, 5) is 29.4. The smallest absolute Gasteiger partial charge is 0.322 e. The van der Waals surface area contributed by atoms with Crippen molar-refractivity contribution in [2.24, 2.45) is 0 Å². The van der Waals surface area contributed by atoms with Crippen molar-refractivity contribution in [3.63, 3.8) is 0 Å². The van der Waals surface area contributed by atoms with Gasteiger partial charge in [-0.05, 0) is 43.5 Å². The fourth-order valence-electron chi connectivity index (χ4n) is 3.63. The molecule has 152 valence electrons. The highest BCUT2D eigenvalue weighted by Gasteiger charge is 2.32. The van der Waals surface area contributed by atoms with E-state index in [2.05, 4.69) is 30.4 Å². The Morgan fingerprint density at radius 2 is 1.86 bits per heavy atom. The minimum absolute atomic E-state index is 0.0248. The van der Waals surface area contributed by atoms with Gasteiger partial charge in [0.15, 0.2) is 0 Å². The van der Waals surface area contributed by atoms with Crippen LogP contribution in [0.15, 0.2) is 48.5 Å². The largest absolute Gasteiger partial charge is 0.378 e. The third-order valence-electron chi connectivity index (χ3n) is 5.34. The first kappa shape index (κ1) is 19.5. The molecule has 0 aromatic heterocycles. The van der Waals surface area contributed by atoms with Gasteiger partial charge in [0.05, 0.1) is 13.2 Å². The Bertz CT molecular complexity index is 888. The van der Waals surface area contributed by atoms with Crippen molar-refractivity contribution in [3.8, 4) is 0 Å². The van der Waals surface area contributed by atoms with Crippen LogP contribution in [-0.2, 0) is 11.3 Å². The zero-order chi connectivity index (χ0) is 20.2. The highest BCUT2D eigenvalue weighted by atomic mass is 16.5. The van der Waals surface area contributed by atoms with Gasteiger partial charge in [0.1, 0.15) is 0 Å². The van der Waals surface area contributed by atoms with Crippen molar-refractivity contribution in [2.75, 3.05) is 31.6 Å². The number of carbonyl (C=O) groups is 2. The molecule has 1 aliphatic carbocycles. The van der Waals surface area contributed by atoms with E-state index in [1.54, 1.807) is 17.0 Å². The SMILES string of the molecule is Cc1cccc(CN(C(=O)Nc2cccc(C(=O)N3CCOCC3)c2)C2CC2)c1. The molecule has 1 saturated carbocycles. The van der Waals surface area contributed by atoms with Gasteiger partial charge in [-0.25, -0.2) is 4.79 Å². The molecule has 2 aromatic carbocycles. The number of anilines is 1. The van der Waals surface area contributed by atoms with Gasteiger partial charge in [-0.2, -0.15) is 0 Å². The average Bonchev–Trinajstić information content (AvgIpc) is 3.57. The van der Waals surface area contributed by atoms with Crippen molar-refractivity contribution in [3.05, 3.63) is 65.2 Å². The zero-order valence-electron chi connectivity index (χ0n) is 16.8. The maximum atomic E-state index is 13.0. The van der Waals surface area contributed by atoms with E-state index >= 15 is 0 Å². The van der Waals surface area contributed by atoms with Crippen molar-refractivity contribution in [2.45, 2.75) is 32.4 Å². The number of rotatable bonds is 5. The van der Waals surface area contributed by atoms with Crippen LogP contribution in [0, 0.1) is 6.92 Å². The van der Waals surface area contributed by atoms with E-state index in [1.807, 2.05) is 23.1 Å². The van der Waals surface area contributed by atoms with Crippen LogP contribution in [0.2, 0.25) is 0 Å². The van der Waals surface area contributed by atoms with Crippen LogP contribution in [-0.4, -0.2) is 54.1 Å². The molecule has 2 aliphatic rings. The Balaban J connectivity index is 1.44. The van der Waals surface area contributed by atoms with E-state index < -0.39 is 0 Å². The molecule has 29 heavy (non-hydrogen) atoms. The molecule has 1 aliphatic heterocycles. The summed E-state index contributed by atoms with van der Waals surface area (Å²) in [5, 5.41) is 2.99. The Morgan fingerprint density at radius 3 is 2.59 bits per heavy atom. The fraction of sp³-hybridized carbons (Fsp3) is 0.391. The number of nitrogens with zero attached hydrogens (tertiary/aromatic N) is 2. The molecule has 1 heterocycles. The van der Waals surface area contributed by atoms with E-state index in [0.29, 0.717) is 44.1 Å². The summed E-state index contributed by atoms with van der Waals surface area (Å²) in [6, 6.07) is 15.6. The summed E-state index contributed by atoms with van der Waals surface area (Å²) < 4.78 is 5.32. The molecule has 1 saturated heterocycles. The maximum Gasteiger partial charge on any atom is 0.322 e. The predicted molar refractivity (Wildman–Crippen MR) is 112 cm³/mol. The molecular formula is C23H27N3O3. The third kappa shape index (κ3) is 4.95. The molecular weight excluding hydrogens is 366 g/mol. The molecule has 0 radical (unpaired) electrons. The van der Waals surface area contributed by atoms with Crippen molar-refractivity contribution in [1.29, 1.82) is 0 Å². The number of aryl methyl sites for hydroxylation is 1. The summed E-state index contributed by atoms with van der Waals surface area (Å²) in [6.07, 6.45) is 2.07. The van der Waals surface area contributed by atoms with Crippen LogP contribution < -0.4 is 5.32 Å². The Morgan fingerprint density at radius 1 is 1.10 bits per heavy atom. The molecule has 6 heteroatoms. The van der Waals surface area contributed by atoms with Crippen LogP contribution in [0.5, 0.6) is 0 Å². The number of amides is 3. The van der Waals surface area contributed by atoms with E-state index in [4.69, 9.17) is 4.74 Å². The van der Waals surface area contributed by atoms with Gasteiger partial charge in [0.25, 0.3) is 5.91 Å². The maximum absolute atomic E-state index is 13.0. The van der Waals surface area contributed by atoms with Gasteiger partial charge in [0.2, 0.25) is 0 Å². The number of urea groups is 1. The summed E-state index contributed by atoms with van der Waals surface area (Å²) in [5.41, 5.74) is 3.54. The molecule has 1 N–H and O–H groups in total. The highest BCUT2D eigenvalue weighted by molar-refractivity contribution is 5.97. The van der Waals surface area contributed by atoms with Crippen molar-refractivity contribution >= 4 is 17.6 Å². The van der Waals surface area contributed by atoms with E-state index in [-0.39, 0.29) is 18.0 Å². The van der Waals surface area contributed by atoms with Gasteiger partial charge in [-0.1, -0.05) is 35.9 Å². The Hall–Kier alpha value is -2.86. The number of benzene rings is 2. The Kier molecular flexibility index (Phi) is 5.81. The molecule has 2 aromatic rings. The first-order valence-corrected chi connectivity index (χ1v) is 10.2. The third-order valence-corrected chi connectivity index (χ3v) is 5.34. The lowest BCUT2D eigenvalue weighted by molar-refractivity contribution is 0.0303. The molecule has 3 amide bonds. The Labute approximate surface area is 171 Å². The van der Waals surface area contributed by atoms with Gasteiger partial charge in [-0.15, -0.1) is 0 Å². The first-order valence-electron chi connectivity index (χ1n) is 10.2. The first-order chi connectivity index (χ1) is 14.1. The number of hydrogen-bond acceptors (Lipinski definition) is 3. The van der Waals surface area contributed by atoms with Crippen molar-refractivity contribution in [1.82, 2.24) is 9.80 Å². The van der Waals surface area contributed by atoms with Gasteiger partial charge in [0, 0.05) is 36.9 Å². The van der Waals surface area contributed by atoms with E-state index in [0.717, 1.165) is 18.4 Å². The lowest BCUT2D eigenvalue weighted by atomic mass is 10.1. The van der Waals surface area contributed by atoms with Crippen LogP contribution in [0.4, 0.5) is 10.5 Å². The predicted octanol–water partition coefficient (Wildman–Crippen LogP) is 3.66. The quantitative estimate of drug-likeness (QED) is 0.843. The summed E-state index contributed by atoms with van der Waals surface area (Å²) in [6.45, 7) is 4.98. The van der Waals surface area contributed by atoms with Crippen LogP contribution >= 0.6 is 0 Å². The van der Waals surface area contributed by atoms with E-state index in [1.165, 1.54) is 5.56 Å². The van der Waals surface area contributed by atoms with E-state index in [9.17, 15) is 9.59 Å². The molecule has 0 unspecified atom stereocenters. The van der Waals surface area contributed by atoms with Gasteiger partial charge >= 0.3 is 6.03 Å². The summed E-state index contributed by atoms with van der Waals surface area (Å²) >= 11 is 0. The second-order valence-corrected chi connectivity index (χ2v) is 7.76. The molecule has 6 nitrogen and oxygen atoms in total. The summed E-state index contributed by atoms with van der Waals surface area (Å²) in [5.74, 6) is -0.0248. The number of nitrogens with one attached hydrogen (secondary N) is 1. The van der Waals surface area contributed by atoms with Crippen molar-refractivity contribution < 1.29 is 14.3 Å². The molecule has 0 bridgehead atoms. The minimum Gasteiger partial charge on any atom is -0.378 e. The molecule has 4 rings (SSSR count). The molecule has 2 fully saturated rings. The standard InChI is InChI=1S/C23H27N3O3/c1-17-4-2-5-18(14-17)16-26(21-8-9-21)23(28)24-20-7-3-6-19(15-20)22(27)25-10-12-29-13-11-25/h2-7,14-15,21H,8-13,16H2,1H3,(H,24,28). The normalized spacial score (nSPS) is 16.4. The fourth-order valence-corrected chi connectivity index (χ4v) is 3.63. The average molecular weight is 393 g/mol. The zero-order valence-corrected chi connectivity index (χ0v) is 16.8. The molecule has 0 atom stereocenters. The lowest BCUT2D eigenvalue weighted by Crippen LogP contribution is -2.40. The second kappa shape index (κ2) is 8.66.